The lowest BCUT2D eigenvalue weighted by Crippen LogP contribution is -2.49. The van der Waals surface area contributed by atoms with Gasteiger partial charge in [0, 0.05) is 44.6 Å². The molecule has 2 fully saturated rings. The number of hydrogen-bond donors (Lipinski definition) is 1. The zero-order valence-corrected chi connectivity index (χ0v) is 13.8. The lowest BCUT2D eigenvalue weighted by Gasteiger charge is -2.34. The van der Waals surface area contributed by atoms with Crippen LogP contribution in [-0.2, 0) is 16.5 Å². The average Bonchev–Trinajstić information content (AvgIpc) is 3.18. The van der Waals surface area contributed by atoms with E-state index in [1.807, 2.05) is 17.9 Å². The second-order valence-electron chi connectivity index (χ2n) is 6.72. The highest BCUT2D eigenvalue weighted by Crippen LogP contribution is 2.33. The van der Waals surface area contributed by atoms with Gasteiger partial charge in [-0.05, 0) is 38.2 Å². The second-order valence-corrected chi connectivity index (χ2v) is 6.72. The maximum absolute atomic E-state index is 5.87. The Morgan fingerprint density at radius 1 is 1.41 bits per heavy atom. The van der Waals surface area contributed by atoms with Crippen LogP contribution in [0.25, 0.3) is 0 Å². The number of aromatic nitrogens is 2. The molecule has 4 atom stereocenters. The summed E-state index contributed by atoms with van der Waals surface area (Å²) in [6.07, 6.45) is 9.54. The Labute approximate surface area is 133 Å². The average molecular weight is 307 g/mol. The fraction of sp³-hybridized carbons (Fsp3) is 0.824. The van der Waals surface area contributed by atoms with Crippen molar-refractivity contribution in [1.82, 2.24) is 15.1 Å². The van der Waals surface area contributed by atoms with Gasteiger partial charge in [0.2, 0.25) is 0 Å². The highest BCUT2D eigenvalue weighted by atomic mass is 16.5. The number of nitrogens with one attached hydrogen (secondary N) is 1. The molecule has 124 valence electrons. The largest absolute Gasteiger partial charge is 0.383 e. The van der Waals surface area contributed by atoms with Gasteiger partial charge in [-0.25, -0.2) is 0 Å². The molecule has 3 rings (SSSR count). The Hall–Kier alpha value is -0.910. The maximum Gasteiger partial charge on any atom is 0.0751 e. The van der Waals surface area contributed by atoms with Crippen LogP contribution in [0.4, 0.5) is 0 Å². The normalized spacial score (nSPS) is 30.5. The highest BCUT2D eigenvalue weighted by molar-refractivity contribution is 5.09. The summed E-state index contributed by atoms with van der Waals surface area (Å²) in [5.41, 5.74) is 1.37. The first-order valence-corrected chi connectivity index (χ1v) is 8.62. The zero-order valence-electron chi connectivity index (χ0n) is 13.8. The molecule has 0 amide bonds. The minimum absolute atomic E-state index is 0.317. The Kier molecular flexibility index (Phi) is 5.50. The zero-order chi connectivity index (χ0) is 15.4. The summed E-state index contributed by atoms with van der Waals surface area (Å²) in [6, 6.07) is 3.04. The molecule has 5 nitrogen and oxygen atoms in total. The third-order valence-electron chi connectivity index (χ3n) is 5.16. The number of methoxy groups -OCH3 is 1. The molecule has 1 aromatic rings. The monoisotopic (exact) mass is 307 g/mol. The molecule has 22 heavy (non-hydrogen) atoms. The van der Waals surface area contributed by atoms with Gasteiger partial charge in [-0.1, -0.05) is 6.42 Å². The molecular formula is C17H29N3O2. The van der Waals surface area contributed by atoms with E-state index in [0.717, 1.165) is 19.6 Å². The molecular weight excluding hydrogens is 278 g/mol. The first-order valence-electron chi connectivity index (χ1n) is 8.62. The molecule has 4 unspecified atom stereocenters. The summed E-state index contributed by atoms with van der Waals surface area (Å²) in [5.74, 6) is 0.617. The Balaban J connectivity index is 1.59. The highest BCUT2D eigenvalue weighted by Gasteiger charge is 2.31. The van der Waals surface area contributed by atoms with Crippen molar-refractivity contribution < 1.29 is 9.47 Å². The second kappa shape index (κ2) is 7.57. The minimum atomic E-state index is 0.317. The van der Waals surface area contributed by atoms with Crippen molar-refractivity contribution in [2.75, 3.05) is 20.3 Å². The molecule has 0 aromatic carbocycles. The van der Waals surface area contributed by atoms with E-state index in [9.17, 15) is 0 Å². The molecule has 1 N–H and O–H groups in total. The van der Waals surface area contributed by atoms with Gasteiger partial charge in [-0.15, -0.1) is 0 Å². The van der Waals surface area contributed by atoms with Crippen LogP contribution in [0.15, 0.2) is 12.3 Å². The third-order valence-corrected chi connectivity index (χ3v) is 5.16. The molecule has 1 saturated carbocycles. The van der Waals surface area contributed by atoms with E-state index >= 15 is 0 Å². The molecule has 0 bridgehead atoms. The Morgan fingerprint density at radius 2 is 2.32 bits per heavy atom. The fourth-order valence-corrected chi connectivity index (χ4v) is 4.06. The molecule has 1 aliphatic carbocycles. The quantitative estimate of drug-likeness (QED) is 0.875. The lowest BCUT2D eigenvalue weighted by molar-refractivity contribution is 0.0363. The van der Waals surface area contributed by atoms with Crippen molar-refractivity contribution in [1.29, 1.82) is 0 Å². The van der Waals surface area contributed by atoms with Gasteiger partial charge in [0.05, 0.1) is 18.8 Å². The van der Waals surface area contributed by atoms with Crippen LogP contribution in [0.3, 0.4) is 0 Å². The fourth-order valence-electron chi connectivity index (χ4n) is 4.06. The number of ether oxygens (including phenoxy) is 2. The summed E-state index contributed by atoms with van der Waals surface area (Å²) in [5, 5.41) is 8.16. The van der Waals surface area contributed by atoms with Gasteiger partial charge in [0.1, 0.15) is 0 Å². The molecule has 1 saturated heterocycles. The van der Waals surface area contributed by atoms with Gasteiger partial charge in [0.15, 0.2) is 0 Å². The van der Waals surface area contributed by atoms with Crippen LogP contribution < -0.4 is 5.32 Å². The van der Waals surface area contributed by atoms with Crippen LogP contribution in [0, 0.1) is 0 Å². The van der Waals surface area contributed by atoms with E-state index in [1.54, 1.807) is 7.11 Å². The maximum atomic E-state index is 5.87. The third kappa shape index (κ3) is 3.70. The molecule has 1 aliphatic heterocycles. The first-order chi connectivity index (χ1) is 10.8. The van der Waals surface area contributed by atoms with Crippen LogP contribution in [0.2, 0.25) is 0 Å². The Morgan fingerprint density at radius 3 is 3.00 bits per heavy atom. The summed E-state index contributed by atoms with van der Waals surface area (Å²) in [6.45, 7) is 1.63. The van der Waals surface area contributed by atoms with E-state index in [2.05, 4.69) is 16.5 Å². The van der Waals surface area contributed by atoms with Gasteiger partial charge >= 0.3 is 0 Å². The molecule has 0 radical (unpaired) electrons. The molecule has 2 heterocycles. The number of aryl methyl sites for hydroxylation is 1. The van der Waals surface area contributed by atoms with E-state index in [-0.39, 0.29) is 0 Å². The van der Waals surface area contributed by atoms with Crippen molar-refractivity contribution in [2.24, 2.45) is 7.05 Å². The van der Waals surface area contributed by atoms with Crippen molar-refractivity contribution in [3.05, 3.63) is 18.0 Å². The van der Waals surface area contributed by atoms with Crippen molar-refractivity contribution in [3.63, 3.8) is 0 Å². The van der Waals surface area contributed by atoms with Crippen LogP contribution >= 0.6 is 0 Å². The van der Waals surface area contributed by atoms with Crippen LogP contribution in [-0.4, -0.2) is 48.3 Å². The predicted molar refractivity (Wildman–Crippen MR) is 86.0 cm³/mol. The van der Waals surface area contributed by atoms with Crippen molar-refractivity contribution in [3.8, 4) is 0 Å². The van der Waals surface area contributed by atoms with Gasteiger partial charge in [-0.3, -0.25) is 4.68 Å². The summed E-state index contributed by atoms with van der Waals surface area (Å²) < 4.78 is 13.3. The van der Waals surface area contributed by atoms with E-state index in [0.29, 0.717) is 24.1 Å². The molecule has 2 aliphatic rings. The van der Waals surface area contributed by atoms with Crippen molar-refractivity contribution in [2.45, 2.75) is 62.6 Å². The van der Waals surface area contributed by atoms with E-state index < -0.39 is 0 Å². The van der Waals surface area contributed by atoms with E-state index in [1.165, 1.54) is 37.8 Å². The number of rotatable bonds is 6. The van der Waals surface area contributed by atoms with E-state index in [4.69, 9.17) is 9.47 Å². The number of hydrogen-bond acceptors (Lipinski definition) is 4. The van der Waals surface area contributed by atoms with Gasteiger partial charge in [-0.2, -0.15) is 5.10 Å². The van der Waals surface area contributed by atoms with Crippen LogP contribution in [0.1, 0.15) is 50.1 Å². The molecule has 5 heteroatoms. The predicted octanol–water partition coefficient (Wildman–Crippen LogP) is 2.23. The summed E-state index contributed by atoms with van der Waals surface area (Å²) in [4.78, 5) is 0. The molecule has 0 spiro atoms. The van der Waals surface area contributed by atoms with Gasteiger partial charge < -0.3 is 14.8 Å². The smallest absolute Gasteiger partial charge is 0.0751 e. The summed E-state index contributed by atoms with van der Waals surface area (Å²) in [7, 11) is 3.83. The standard InChI is InChI=1S/C17H29N3O2/c1-20-16(8-9-18-20)13-5-3-6-14(11-13)19-15(12-21-2)17-7-4-10-22-17/h8-9,13-15,17,19H,3-7,10-12H2,1-2H3. The van der Waals surface area contributed by atoms with Gasteiger partial charge in [0.25, 0.3) is 0 Å². The SMILES string of the molecule is COCC(NC1CCCC(c2ccnn2C)C1)C1CCCO1. The van der Waals surface area contributed by atoms with Crippen LogP contribution in [0.5, 0.6) is 0 Å². The van der Waals surface area contributed by atoms with Crippen molar-refractivity contribution >= 4 is 0 Å². The first kappa shape index (κ1) is 16.0. The Bertz CT molecular complexity index is 457. The minimum Gasteiger partial charge on any atom is -0.383 e. The lowest BCUT2D eigenvalue weighted by atomic mass is 9.83. The topological polar surface area (TPSA) is 48.3 Å². The summed E-state index contributed by atoms with van der Waals surface area (Å²) >= 11 is 0. The molecule has 1 aromatic heterocycles. The number of nitrogens with zero attached hydrogens (tertiary/aromatic N) is 2.